The molecule has 3 N–H and O–H groups in total. The SMILES string of the molecule is CC(=O)N1CCCN(C[C@@H]2OC[C@H](N)[C@H]2O)CC1. The molecule has 0 saturated carbocycles. The smallest absolute Gasteiger partial charge is 0.219 e. The van der Waals surface area contributed by atoms with Crippen LogP contribution in [0, 0.1) is 0 Å². The van der Waals surface area contributed by atoms with E-state index in [1.807, 2.05) is 4.90 Å². The summed E-state index contributed by atoms with van der Waals surface area (Å²) in [5, 5.41) is 9.86. The van der Waals surface area contributed by atoms with Gasteiger partial charge in [0, 0.05) is 33.1 Å². The van der Waals surface area contributed by atoms with E-state index in [0.717, 1.165) is 32.6 Å². The Hall–Kier alpha value is -0.690. The minimum absolute atomic E-state index is 0.135. The van der Waals surface area contributed by atoms with Crippen LogP contribution in [-0.2, 0) is 9.53 Å². The third-order valence-corrected chi connectivity index (χ3v) is 3.79. The van der Waals surface area contributed by atoms with Gasteiger partial charge in [0.05, 0.1) is 24.9 Å². The molecule has 2 rings (SSSR count). The van der Waals surface area contributed by atoms with Gasteiger partial charge in [0.2, 0.25) is 5.91 Å². The molecule has 0 aromatic rings. The number of nitrogens with two attached hydrogens (primary N) is 1. The third-order valence-electron chi connectivity index (χ3n) is 3.79. The van der Waals surface area contributed by atoms with Gasteiger partial charge in [0.1, 0.15) is 0 Å². The van der Waals surface area contributed by atoms with Crippen LogP contribution in [-0.4, -0.2) is 78.4 Å². The van der Waals surface area contributed by atoms with E-state index in [4.69, 9.17) is 10.5 Å². The van der Waals surface area contributed by atoms with Gasteiger partial charge in [-0.3, -0.25) is 9.69 Å². The van der Waals surface area contributed by atoms with Crippen LogP contribution < -0.4 is 5.73 Å². The fourth-order valence-electron chi connectivity index (χ4n) is 2.59. The number of nitrogens with zero attached hydrogens (tertiary/aromatic N) is 2. The summed E-state index contributed by atoms with van der Waals surface area (Å²) in [4.78, 5) is 15.4. The first-order valence-electron chi connectivity index (χ1n) is 6.61. The fraction of sp³-hybridized carbons (Fsp3) is 0.917. The number of aliphatic hydroxyl groups excluding tert-OH is 1. The third kappa shape index (κ3) is 3.20. The zero-order valence-electron chi connectivity index (χ0n) is 10.9. The summed E-state index contributed by atoms with van der Waals surface area (Å²) in [6.45, 7) is 6.08. The van der Waals surface area contributed by atoms with Crippen LogP contribution >= 0.6 is 0 Å². The van der Waals surface area contributed by atoms with Crippen molar-refractivity contribution in [2.75, 3.05) is 39.3 Å². The number of carbonyl (C=O) groups is 1. The van der Waals surface area contributed by atoms with Gasteiger partial charge in [-0.15, -0.1) is 0 Å². The summed E-state index contributed by atoms with van der Waals surface area (Å²) in [5.41, 5.74) is 5.72. The van der Waals surface area contributed by atoms with E-state index in [9.17, 15) is 9.90 Å². The van der Waals surface area contributed by atoms with Crippen molar-refractivity contribution in [3.05, 3.63) is 0 Å². The lowest BCUT2D eigenvalue weighted by atomic mass is 10.1. The van der Waals surface area contributed by atoms with Crippen LogP contribution in [0.1, 0.15) is 13.3 Å². The predicted molar refractivity (Wildman–Crippen MR) is 67.0 cm³/mol. The van der Waals surface area contributed by atoms with Gasteiger partial charge in [0.15, 0.2) is 0 Å². The highest BCUT2D eigenvalue weighted by atomic mass is 16.5. The topological polar surface area (TPSA) is 79.0 Å². The van der Waals surface area contributed by atoms with Crippen LogP contribution in [0.15, 0.2) is 0 Å². The molecule has 1 amide bonds. The Morgan fingerprint density at radius 3 is 2.78 bits per heavy atom. The van der Waals surface area contributed by atoms with Crippen LogP contribution in [0.2, 0.25) is 0 Å². The van der Waals surface area contributed by atoms with Gasteiger partial charge in [-0.1, -0.05) is 0 Å². The summed E-state index contributed by atoms with van der Waals surface area (Å²) < 4.78 is 5.50. The number of hydrogen-bond donors (Lipinski definition) is 2. The summed E-state index contributed by atoms with van der Waals surface area (Å²) in [5.74, 6) is 0.135. The van der Waals surface area contributed by atoms with E-state index in [-0.39, 0.29) is 18.1 Å². The fourth-order valence-corrected chi connectivity index (χ4v) is 2.59. The van der Waals surface area contributed by atoms with E-state index in [1.54, 1.807) is 6.92 Å². The minimum Gasteiger partial charge on any atom is -0.389 e. The second-order valence-corrected chi connectivity index (χ2v) is 5.19. The van der Waals surface area contributed by atoms with Gasteiger partial charge >= 0.3 is 0 Å². The van der Waals surface area contributed by atoms with Gasteiger partial charge in [-0.25, -0.2) is 0 Å². The van der Waals surface area contributed by atoms with Gasteiger partial charge in [-0.05, 0) is 13.0 Å². The Morgan fingerprint density at radius 1 is 1.39 bits per heavy atom. The van der Waals surface area contributed by atoms with Crippen molar-refractivity contribution in [1.82, 2.24) is 9.80 Å². The molecule has 104 valence electrons. The van der Waals surface area contributed by atoms with Crippen molar-refractivity contribution in [2.24, 2.45) is 5.73 Å². The van der Waals surface area contributed by atoms with Crippen molar-refractivity contribution in [3.63, 3.8) is 0 Å². The van der Waals surface area contributed by atoms with E-state index in [0.29, 0.717) is 13.2 Å². The Morgan fingerprint density at radius 2 is 2.17 bits per heavy atom. The zero-order valence-corrected chi connectivity index (χ0v) is 10.9. The van der Waals surface area contributed by atoms with Gasteiger partial charge < -0.3 is 20.5 Å². The van der Waals surface area contributed by atoms with Crippen LogP contribution in [0.5, 0.6) is 0 Å². The summed E-state index contributed by atoms with van der Waals surface area (Å²) in [6.07, 6.45) is 0.204. The minimum atomic E-state index is -0.572. The Bertz CT molecular complexity index is 300. The first-order valence-corrected chi connectivity index (χ1v) is 6.61. The van der Waals surface area contributed by atoms with Crippen molar-refractivity contribution in [1.29, 1.82) is 0 Å². The maximum Gasteiger partial charge on any atom is 0.219 e. The monoisotopic (exact) mass is 257 g/mol. The summed E-state index contributed by atoms with van der Waals surface area (Å²) in [7, 11) is 0. The van der Waals surface area contributed by atoms with Crippen molar-refractivity contribution in [3.8, 4) is 0 Å². The molecule has 0 radical (unpaired) electrons. The maximum absolute atomic E-state index is 11.3. The molecule has 2 aliphatic rings. The van der Waals surface area contributed by atoms with Crippen LogP contribution in [0.25, 0.3) is 0 Å². The van der Waals surface area contributed by atoms with Crippen LogP contribution in [0.4, 0.5) is 0 Å². The molecule has 6 nitrogen and oxygen atoms in total. The predicted octanol–water partition coefficient (Wildman–Crippen LogP) is -1.37. The highest BCUT2D eigenvalue weighted by Gasteiger charge is 2.34. The molecule has 2 saturated heterocycles. The molecule has 0 aromatic heterocycles. The largest absolute Gasteiger partial charge is 0.389 e. The lowest BCUT2D eigenvalue weighted by Gasteiger charge is -2.25. The van der Waals surface area contributed by atoms with Crippen molar-refractivity contribution < 1.29 is 14.6 Å². The molecule has 6 heteroatoms. The zero-order chi connectivity index (χ0) is 13.1. The van der Waals surface area contributed by atoms with E-state index in [1.165, 1.54) is 0 Å². The van der Waals surface area contributed by atoms with Crippen molar-refractivity contribution in [2.45, 2.75) is 31.6 Å². The standard InChI is InChI=1S/C12H23N3O3/c1-9(16)15-4-2-3-14(5-6-15)7-11-12(17)10(13)8-18-11/h10-12,17H,2-8,13H2,1H3/t10-,11-,12+/m0/s1. The average Bonchev–Trinajstić information content (AvgIpc) is 2.58. The lowest BCUT2D eigenvalue weighted by molar-refractivity contribution is -0.128. The highest BCUT2D eigenvalue weighted by molar-refractivity contribution is 5.73. The molecule has 18 heavy (non-hydrogen) atoms. The second-order valence-electron chi connectivity index (χ2n) is 5.19. The number of aliphatic hydroxyl groups is 1. The highest BCUT2D eigenvalue weighted by Crippen LogP contribution is 2.15. The van der Waals surface area contributed by atoms with E-state index < -0.39 is 6.10 Å². The molecule has 2 fully saturated rings. The number of hydrogen-bond acceptors (Lipinski definition) is 5. The quantitative estimate of drug-likeness (QED) is 0.638. The normalized spacial score (nSPS) is 34.6. The maximum atomic E-state index is 11.3. The Kier molecular flexibility index (Phi) is 4.55. The molecule has 2 aliphatic heterocycles. The average molecular weight is 257 g/mol. The first-order chi connectivity index (χ1) is 8.58. The number of carbonyl (C=O) groups excluding carboxylic acids is 1. The molecule has 0 bridgehead atoms. The van der Waals surface area contributed by atoms with E-state index >= 15 is 0 Å². The van der Waals surface area contributed by atoms with Crippen LogP contribution in [0.3, 0.4) is 0 Å². The lowest BCUT2D eigenvalue weighted by Crippen LogP contribution is -2.43. The summed E-state index contributed by atoms with van der Waals surface area (Å²) >= 11 is 0. The molecule has 0 unspecified atom stereocenters. The van der Waals surface area contributed by atoms with Gasteiger partial charge in [-0.2, -0.15) is 0 Å². The van der Waals surface area contributed by atoms with E-state index in [2.05, 4.69) is 4.90 Å². The summed E-state index contributed by atoms with van der Waals surface area (Å²) in [6, 6.07) is -0.268. The van der Waals surface area contributed by atoms with Gasteiger partial charge in [0.25, 0.3) is 0 Å². The number of amides is 1. The molecule has 3 atom stereocenters. The number of ether oxygens (including phenoxy) is 1. The molecule has 0 aromatic carbocycles. The Labute approximate surface area is 108 Å². The number of rotatable bonds is 2. The first kappa shape index (κ1) is 13.7. The molecular weight excluding hydrogens is 234 g/mol. The molecule has 2 heterocycles. The second kappa shape index (κ2) is 5.97. The van der Waals surface area contributed by atoms with Crippen molar-refractivity contribution >= 4 is 5.91 Å². The molecule has 0 spiro atoms. The molecular formula is C12H23N3O3. The Balaban J connectivity index is 1.82. The molecule has 0 aliphatic carbocycles.